The topological polar surface area (TPSA) is 58.6 Å². The predicted molar refractivity (Wildman–Crippen MR) is 101 cm³/mol. The SMILES string of the molecule is CCCCC/C=C\C/C=C\CCCCCCCNC(=O)OCCO. The molecule has 0 aliphatic rings. The molecule has 0 spiro atoms. The van der Waals surface area contributed by atoms with Crippen LogP contribution in [0.25, 0.3) is 0 Å². The van der Waals surface area contributed by atoms with Crippen molar-refractivity contribution in [2.45, 2.75) is 77.6 Å². The van der Waals surface area contributed by atoms with Crippen LogP contribution in [0.15, 0.2) is 24.3 Å². The standard InChI is InChI=1S/C20H37NO3/c1-2-3-4-5-6-7-8-9-10-11-12-13-14-15-16-17-21-20(23)24-19-18-22/h6-7,9-10,22H,2-5,8,11-19H2,1H3,(H,21,23)/b7-6-,10-9-. The molecule has 0 fully saturated rings. The Morgan fingerprint density at radius 1 is 0.917 bits per heavy atom. The lowest BCUT2D eigenvalue weighted by Gasteiger charge is -2.05. The van der Waals surface area contributed by atoms with Crippen molar-refractivity contribution in [2.24, 2.45) is 0 Å². The van der Waals surface area contributed by atoms with E-state index in [1.807, 2.05) is 0 Å². The molecule has 0 saturated carbocycles. The van der Waals surface area contributed by atoms with Gasteiger partial charge in [0, 0.05) is 6.54 Å². The van der Waals surface area contributed by atoms with Gasteiger partial charge in [-0.05, 0) is 38.5 Å². The molecular weight excluding hydrogens is 302 g/mol. The fourth-order valence-corrected chi connectivity index (χ4v) is 2.32. The maximum absolute atomic E-state index is 11.1. The molecule has 0 rings (SSSR count). The number of hydrogen-bond acceptors (Lipinski definition) is 3. The quantitative estimate of drug-likeness (QED) is 0.303. The maximum Gasteiger partial charge on any atom is 0.407 e. The summed E-state index contributed by atoms with van der Waals surface area (Å²) in [4.78, 5) is 11.1. The number of hydrogen-bond donors (Lipinski definition) is 2. The number of carbonyl (C=O) groups is 1. The van der Waals surface area contributed by atoms with Gasteiger partial charge in [-0.25, -0.2) is 4.79 Å². The molecule has 4 nitrogen and oxygen atoms in total. The van der Waals surface area contributed by atoms with Crippen molar-refractivity contribution in [1.82, 2.24) is 5.32 Å². The Kier molecular flexibility index (Phi) is 18.7. The highest BCUT2D eigenvalue weighted by molar-refractivity contribution is 5.66. The molecule has 0 aliphatic carbocycles. The van der Waals surface area contributed by atoms with Gasteiger partial charge < -0.3 is 15.2 Å². The van der Waals surface area contributed by atoms with Crippen LogP contribution in [0.4, 0.5) is 4.79 Å². The highest BCUT2D eigenvalue weighted by Crippen LogP contribution is 2.06. The minimum atomic E-state index is -0.436. The lowest BCUT2D eigenvalue weighted by Crippen LogP contribution is -2.26. The molecule has 0 saturated heterocycles. The van der Waals surface area contributed by atoms with Gasteiger partial charge in [-0.2, -0.15) is 0 Å². The molecule has 0 unspecified atom stereocenters. The lowest BCUT2D eigenvalue weighted by molar-refractivity contribution is 0.119. The van der Waals surface area contributed by atoms with Crippen molar-refractivity contribution < 1.29 is 14.6 Å². The zero-order chi connectivity index (χ0) is 17.7. The van der Waals surface area contributed by atoms with Crippen LogP contribution in [0.3, 0.4) is 0 Å². The predicted octanol–water partition coefficient (Wildman–Crippen LogP) is 5.13. The summed E-state index contributed by atoms with van der Waals surface area (Å²) in [6.45, 7) is 2.82. The number of unbranched alkanes of at least 4 members (excludes halogenated alkanes) is 8. The summed E-state index contributed by atoms with van der Waals surface area (Å²) in [5, 5.41) is 11.2. The molecule has 0 aliphatic heterocycles. The highest BCUT2D eigenvalue weighted by atomic mass is 16.6. The summed E-state index contributed by atoms with van der Waals surface area (Å²) >= 11 is 0. The molecule has 140 valence electrons. The first-order valence-corrected chi connectivity index (χ1v) is 9.62. The Hall–Kier alpha value is -1.29. The lowest BCUT2D eigenvalue weighted by atomic mass is 10.1. The van der Waals surface area contributed by atoms with E-state index in [2.05, 4.69) is 36.5 Å². The Morgan fingerprint density at radius 3 is 2.21 bits per heavy atom. The maximum atomic E-state index is 11.1. The van der Waals surface area contributed by atoms with Crippen LogP contribution in [0, 0.1) is 0 Å². The normalized spacial score (nSPS) is 11.4. The molecule has 0 atom stereocenters. The van der Waals surface area contributed by atoms with Crippen molar-refractivity contribution in [3.8, 4) is 0 Å². The monoisotopic (exact) mass is 339 g/mol. The smallest absolute Gasteiger partial charge is 0.407 e. The number of aliphatic hydroxyl groups excluding tert-OH is 1. The van der Waals surface area contributed by atoms with E-state index in [1.54, 1.807) is 0 Å². The zero-order valence-electron chi connectivity index (χ0n) is 15.5. The number of alkyl carbamates (subject to hydrolysis) is 1. The second-order valence-electron chi connectivity index (χ2n) is 6.02. The molecule has 0 radical (unpaired) electrons. The third-order valence-electron chi connectivity index (χ3n) is 3.72. The van der Waals surface area contributed by atoms with E-state index in [0.29, 0.717) is 6.54 Å². The van der Waals surface area contributed by atoms with E-state index in [-0.39, 0.29) is 13.2 Å². The molecule has 0 aromatic carbocycles. The molecule has 0 aromatic heterocycles. The van der Waals surface area contributed by atoms with Gasteiger partial charge >= 0.3 is 6.09 Å². The van der Waals surface area contributed by atoms with Crippen molar-refractivity contribution in [3.05, 3.63) is 24.3 Å². The van der Waals surface area contributed by atoms with E-state index in [1.165, 1.54) is 44.9 Å². The summed E-state index contributed by atoms with van der Waals surface area (Å²) in [6.07, 6.45) is 21.9. The van der Waals surface area contributed by atoms with Crippen molar-refractivity contribution >= 4 is 6.09 Å². The number of carbonyl (C=O) groups excluding carboxylic acids is 1. The van der Waals surface area contributed by atoms with Crippen LogP contribution in [0.1, 0.15) is 77.6 Å². The van der Waals surface area contributed by atoms with E-state index in [9.17, 15) is 4.79 Å². The second-order valence-corrected chi connectivity index (χ2v) is 6.02. The number of amides is 1. The van der Waals surface area contributed by atoms with Crippen LogP contribution in [-0.4, -0.2) is 31.0 Å². The number of ether oxygens (including phenoxy) is 1. The Labute approximate surface area is 148 Å². The van der Waals surface area contributed by atoms with Crippen LogP contribution < -0.4 is 5.32 Å². The van der Waals surface area contributed by atoms with Gasteiger partial charge in [-0.3, -0.25) is 0 Å². The third kappa shape index (κ3) is 18.8. The minimum absolute atomic E-state index is 0.0635. The number of allylic oxidation sites excluding steroid dienone is 4. The first kappa shape index (κ1) is 22.7. The fourth-order valence-electron chi connectivity index (χ4n) is 2.32. The van der Waals surface area contributed by atoms with Crippen LogP contribution in [-0.2, 0) is 4.74 Å². The van der Waals surface area contributed by atoms with Crippen molar-refractivity contribution in [3.63, 3.8) is 0 Å². The molecule has 4 heteroatoms. The van der Waals surface area contributed by atoms with Crippen LogP contribution in [0.2, 0.25) is 0 Å². The van der Waals surface area contributed by atoms with Crippen molar-refractivity contribution in [1.29, 1.82) is 0 Å². The molecule has 24 heavy (non-hydrogen) atoms. The molecule has 0 heterocycles. The van der Waals surface area contributed by atoms with Gasteiger partial charge in [0.2, 0.25) is 0 Å². The van der Waals surface area contributed by atoms with E-state index in [0.717, 1.165) is 25.7 Å². The second kappa shape index (κ2) is 19.8. The summed E-state index contributed by atoms with van der Waals surface area (Å²) in [7, 11) is 0. The van der Waals surface area contributed by atoms with E-state index in [4.69, 9.17) is 9.84 Å². The third-order valence-corrected chi connectivity index (χ3v) is 3.72. The van der Waals surface area contributed by atoms with Crippen molar-refractivity contribution in [2.75, 3.05) is 19.8 Å². The first-order chi connectivity index (χ1) is 11.8. The summed E-state index contributed by atoms with van der Waals surface area (Å²) < 4.78 is 4.70. The van der Waals surface area contributed by atoms with Gasteiger partial charge in [0.25, 0.3) is 0 Å². The fraction of sp³-hybridized carbons (Fsp3) is 0.750. The van der Waals surface area contributed by atoms with Gasteiger partial charge in [0.1, 0.15) is 6.61 Å². The molecule has 0 bridgehead atoms. The number of rotatable bonds is 16. The van der Waals surface area contributed by atoms with E-state index < -0.39 is 6.09 Å². The summed E-state index contributed by atoms with van der Waals surface area (Å²) in [6, 6.07) is 0. The largest absolute Gasteiger partial charge is 0.447 e. The summed E-state index contributed by atoms with van der Waals surface area (Å²) in [5.74, 6) is 0. The Balaban J connectivity index is 3.22. The van der Waals surface area contributed by atoms with Gasteiger partial charge in [0.15, 0.2) is 0 Å². The molecule has 1 amide bonds. The minimum Gasteiger partial charge on any atom is -0.447 e. The summed E-state index contributed by atoms with van der Waals surface area (Å²) in [5.41, 5.74) is 0. The zero-order valence-corrected chi connectivity index (χ0v) is 15.5. The van der Waals surface area contributed by atoms with Crippen LogP contribution >= 0.6 is 0 Å². The van der Waals surface area contributed by atoms with E-state index >= 15 is 0 Å². The molecular formula is C20H37NO3. The average molecular weight is 340 g/mol. The highest BCUT2D eigenvalue weighted by Gasteiger charge is 1.99. The molecule has 0 aromatic rings. The number of aliphatic hydroxyl groups is 1. The van der Waals surface area contributed by atoms with Gasteiger partial charge in [-0.15, -0.1) is 0 Å². The van der Waals surface area contributed by atoms with Gasteiger partial charge in [0.05, 0.1) is 6.61 Å². The molecule has 2 N–H and O–H groups in total. The Bertz CT molecular complexity index is 327. The average Bonchev–Trinajstić information content (AvgIpc) is 2.59. The van der Waals surface area contributed by atoms with Gasteiger partial charge in [-0.1, -0.05) is 63.3 Å². The van der Waals surface area contributed by atoms with Crippen LogP contribution in [0.5, 0.6) is 0 Å². The Morgan fingerprint density at radius 2 is 1.54 bits per heavy atom. The number of nitrogens with one attached hydrogen (secondary N) is 1. The first-order valence-electron chi connectivity index (χ1n) is 9.62.